The van der Waals surface area contributed by atoms with Crippen molar-refractivity contribution in [2.75, 3.05) is 20.1 Å². The molecule has 4 nitrogen and oxygen atoms in total. The fourth-order valence-corrected chi connectivity index (χ4v) is 3.22. The average Bonchev–Trinajstić information content (AvgIpc) is 2.48. The summed E-state index contributed by atoms with van der Waals surface area (Å²) in [5, 5.41) is 9.67. The first-order chi connectivity index (χ1) is 10.0. The highest BCUT2D eigenvalue weighted by molar-refractivity contribution is 5.75. The molecule has 1 fully saturated rings. The van der Waals surface area contributed by atoms with Crippen molar-refractivity contribution in [1.82, 2.24) is 9.88 Å². The number of rotatable bonds is 6. The summed E-state index contributed by atoms with van der Waals surface area (Å²) in [6.45, 7) is 3.76. The van der Waals surface area contributed by atoms with Gasteiger partial charge in [-0.3, -0.25) is 9.78 Å². The van der Waals surface area contributed by atoms with Crippen molar-refractivity contribution < 1.29 is 9.90 Å². The van der Waals surface area contributed by atoms with E-state index in [1.165, 1.54) is 5.56 Å². The Morgan fingerprint density at radius 2 is 2.00 bits per heavy atom. The molecule has 0 unspecified atom stereocenters. The quantitative estimate of drug-likeness (QED) is 0.875. The lowest BCUT2D eigenvalue weighted by Gasteiger charge is -2.38. The zero-order valence-corrected chi connectivity index (χ0v) is 13.1. The minimum Gasteiger partial charge on any atom is -0.481 e. The first-order valence-corrected chi connectivity index (χ1v) is 7.83. The van der Waals surface area contributed by atoms with Crippen LogP contribution in [-0.4, -0.2) is 41.1 Å². The summed E-state index contributed by atoms with van der Waals surface area (Å²) in [6.07, 6.45) is 8.22. The second-order valence-corrected chi connectivity index (χ2v) is 6.61. The normalized spacial score (nSPS) is 26.0. The minimum absolute atomic E-state index is 0.542. The Kier molecular flexibility index (Phi) is 5.34. The van der Waals surface area contributed by atoms with Crippen molar-refractivity contribution in [1.29, 1.82) is 0 Å². The number of likely N-dealkylation sites (N-methyl/N-ethyl adjacent to an activating group) is 1. The van der Waals surface area contributed by atoms with Crippen LogP contribution in [0.3, 0.4) is 0 Å². The molecule has 1 N–H and O–H groups in total. The minimum atomic E-state index is -0.620. The maximum atomic E-state index is 11.8. The number of nitrogens with zero attached hydrogens (tertiary/aromatic N) is 2. The number of hydrogen-bond acceptors (Lipinski definition) is 3. The number of carboxylic acid groups (broad SMARTS) is 1. The average molecular weight is 290 g/mol. The van der Waals surface area contributed by atoms with Gasteiger partial charge in [0.15, 0.2) is 0 Å². The molecule has 116 valence electrons. The molecular formula is C17H26N2O2. The molecule has 0 amide bonds. The van der Waals surface area contributed by atoms with Gasteiger partial charge in [0.2, 0.25) is 0 Å². The third kappa shape index (κ3) is 4.27. The van der Waals surface area contributed by atoms with Crippen LogP contribution >= 0.6 is 0 Å². The zero-order valence-electron chi connectivity index (χ0n) is 13.1. The van der Waals surface area contributed by atoms with Gasteiger partial charge in [-0.1, -0.05) is 6.92 Å². The van der Waals surface area contributed by atoms with Gasteiger partial charge in [0.05, 0.1) is 5.41 Å². The van der Waals surface area contributed by atoms with E-state index in [0.717, 1.165) is 38.6 Å². The Bertz CT molecular complexity index is 453. The van der Waals surface area contributed by atoms with E-state index in [1.54, 1.807) is 12.4 Å². The van der Waals surface area contributed by atoms with Crippen molar-refractivity contribution in [2.24, 2.45) is 11.3 Å². The van der Waals surface area contributed by atoms with Gasteiger partial charge in [0, 0.05) is 25.5 Å². The summed E-state index contributed by atoms with van der Waals surface area (Å²) in [7, 11) is 2.03. The van der Waals surface area contributed by atoms with E-state index in [9.17, 15) is 9.90 Å². The standard InChI is InChI=1S/C17H26N2O2/c1-14-3-8-17(9-4-14,16(20)21)13-19(2)12-7-15-5-10-18-11-6-15/h5-6,10-11,14H,3-4,7-9,12-13H2,1-2H3,(H,20,21). The Morgan fingerprint density at radius 3 is 2.57 bits per heavy atom. The first-order valence-electron chi connectivity index (χ1n) is 7.83. The summed E-state index contributed by atoms with van der Waals surface area (Å²) in [5.41, 5.74) is 0.706. The maximum Gasteiger partial charge on any atom is 0.310 e. The van der Waals surface area contributed by atoms with Crippen LogP contribution in [0.4, 0.5) is 0 Å². The molecule has 1 saturated carbocycles. The predicted molar refractivity (Wildman–Crippen MR) is 83.1 cm³/mol. The van der Waals surface area contributed by atoms with Gasteiger partial charge in [0.25, 0.3) is 0 Å². The van der Waals surface area contributed by atoms with Crippen LogP contribution in [0.25, 0.3) is 0 Å². The van der Waals surface area contributed by atoms with Crippen molar-refractivity contribution in [3.8, 4) is 0 Å². The Labute approximate surface area is 127 Å². The molecule has 1 heterocycles. The van der Waals surface area contributed by atoms with Gasteiger partial charge in [-0.05, 0) is 62.8 Å². The SMILES string of the molecule is CC1CCC(CN(C)CCc2ccncc2)(C(=O)O)CC1. The fraction of sp³-hybridized carbons (Fsp3) is 0.647. The van der Waals surface area contributed by atoms with E-state index in [4.69, 9.17) is 0 Å². The molecule has 0 radical (unpaired) electrons. The number of aromatic nitrogens is 1. The van der Waals surface area contributed by atoms with E-state index in [0.29, 0.717) is 12.5 Å². The molecule has 1 aliphatic carbocycles. The van der Waals surface area contributed by atoms with Gasteiger partial charge in [-0.2, -0.15) is 0 Å². The van der Waals surface area contributed by atoms with Crippen LogP contribution < -0.4 is 0 Å². The number of carbonyl (C=O) groups is 1. The van der Waals surface area contributed by atoms with Crippen LogP contribution in [0.2, 0.25) is 0 Å². The molecule has 0 aromatic carbocycles. The predicted octanol–water partition coefficient (Wildman–Crippen LogP) is 2.84. The largest absolute Gasteiger partial charge is 0.481 e. The monoisotopic (exact) mass is 290 g/mol. The molecular weight excluding hydrogens is 264 g/mol. The number of pyridine rings is 1. The fourth-order valence-electron chi connectivity index (χ4n) is 3.22. The second kappa shape index (κ2) is 7.03. The van der Waals surface area contributed by atoms with E-state index in [1.807, 2.05) is 19.2 Å². The van der Waals surface area contributed by atoms with Crippen LogP contribution in [0.15, 0.2) is 24.5 Å². The third-order valence-corrected chi connectivity index (χ3v) is 4.79. The van der Waals surface area contributed by atoms with Crippen LogP contribution in [0, 0.1) is 11.3 Å². The molecule has 1 aliphatic rings. The van der Waals surface area contributed by atoms with Crippen molar-refractivity contribution in [3.05, 3.63) is 30.1 Å². The van der Waals surface area contributed by atoms with E-state index in [2.05, 4.69) is 16.8 Å². The highest BCUT2D eigenvalue weighted by atomic mass is 16.4. The maximum absolute atomic E-state index is 11.8. The summed E-state index contributed by atoms with van der Waals surface area (Å²) < 4.78 is 0. The zero-order chi connectivity index (χ0) is 15.3. The topological polar surface area (TPSA) is 53.4 Å². The molecule has 0 bridgehead atoms. The second-order valence-electron chi connectivity index (χ2n) is 6.61. The van der Waals surface area contributed by atoms with Crippen LogP contribution in [0.5, 0.6) is 0 Å². The molecule has 1 aromatic rings. The van der Waals surface area contributed by atoms with E-state index in [-0.39, 0.29) is 0 Å². The van der Waals surface area contributed by atoms with Gasteiger partial charge < -0.3 is 10.0 Å². The number of aliphatic carboxylic acids is 1. The Hall–Kier alpha value is -1.42. The molecule has 0 spiro atoms. The molecule has 0 atom stereocenters. The van der Waals surface area contributed by atoms with Crippen LogP contribution in [0.1, 0.15) is 38.2 Å². The Morgan fingerprint density at radius 1 is 1.38 bits per heavy atom. The highest BCUT2D eigenvalue weighted by Crippen LogP contribution is 2.39. The van der Waals surface area contributed by atoms with Gasteiger partial charge in [-0.25, -0.2) is 0 Å². The summed E-state index contributed by atoms with van der Waals surface area (Å²) in [5.74, 6) is 0.0461. The molecule has 4 heteroatoms. The lowest BCUT2D eigenvalue weighted by atomic mass is 9.70. The van der Waals surface area contributed by atoms with Crippen molar-refractivity contribution in [2.45, 2.75) is 39.0 Å². The van der Waals surface area contributed by atoms with Crippen molar-refractivity contribution >= 4 is 5.97 Å². The van der Waals surface area contributed by atoms with E-state index >= 15 is 0 Å². The third-order valence-electron chi connectivity index (χ3n) is 4.79. The van der Waals surface area contributed by atoms with Gasteiger partial charge >= 0.3 is 5.97 Å². The summed E-state index contributed by atoms with van der Waals surface area (Å²) in [4.78, 5) is 17.9. The van der Waals surface area contributed by atoms with E-state index < -0.39 is 11.4 Å². The lowest BCUT2D eigenvalue weighted by Crippen LogP contribution is -2.44. The highest BCUT2D eigenvalue weighted by Gasteiger charge is 2.41. The van der Waals surface area contributed by atoms with Crippen molar-refractivity contribution in [3.63, 3.8) is 0 Å². The lowest BCUT2D eigenvalue weighted by molar-refractivity contribution is -0.152. The molecule has 1 aromatic heterocycles. The number of hydrogen-bond donors (Lipinski definition) is 1. The Balaban J connectivity index is 1.90. The number of carboxylic acids is 1. The van der Waals surface area contributed by atoms with Gasteiger partial charge in [-0.15, -0.1) is 0 Å². The smallest absolute Gasteiger partial charge is 0.310 e. The van der Waals surface area contributed by atoms with Gasteiger partial charge in [0.1, 0.15) is 0 Å². The first kappa shape index (κ1) is 16.0. The summed E-state index contributed by atoms with van der Waals surface area (Å²) >= 11 is 0. The van der Waals surface area contributed by atoms with Crippen LogP contribution in [-0.2, 0) is 11.2 Å². The molecule has 21 heavy (non-hydrogen) atoms. The molecule has 0 aliphatic heterocycles. The molecule has 0 saturated heterocycles. The molecule has 2 rings (SSSR count). The summed E-state index contributed by atoms with van der Waals surface area (Å²) in [6, 6.07) is 4.03.